The quantitative estimate of drug-likeness (QED) is 0.868. The molecule has 2 N–H and O–H groups in total. The largest absolute Gasteiger partial charge is 0.352 e. The number of nitrogens with zero attached hydrogens (tertiary/aromatic N) is 1. The van der Waals surface area contributed by atoms with Crippen molar-refractivity contribution in [2.75, 3.05) is 0 Å². The van der Waals surface area contributed by atoms with Gasteiger partial charge in [0.25, 0.3) is 5.56 Å². The number of hydrogen-bond donors (Lipinski definition) is 2. The number of pyridine rings is 1. The molecule has 136 valence electrons. The van der Waals surface area contributed by atoms with E-state index < -0.39 is 0 Å². The molecule has 5 heteroatoms. The number of aromatic nitrogens is 1. The van der Waals surface area contributed by atoms with E-state index in [1.165, 1.54) is 16.7 Å². The summed E-state index contributed by atoms with van der Waals surface area (Å²) in [5.74, 6) is -0.0483. The lowest BCUT2D eigenvalue weighted by Crippen LogP contribution is -2.24. The Balaban J connectivity index is 2.05. The first-order chi connectivity index (χ1) is 12.2. The molecule has 1 heterocycles. The van der Waals surface area contributed by atoms with Crippen molar-refractivity contribution in [1.29, 1.82) is 5.26 Å². The number of rotatable bonds is 5. The summed E-state index contributed by atoms with van der Waals surface area (Å²) in [6.07, 6.45) is 0.795. The highest BCUT2D eigenvalue weighted by Gasteiger charge is 2.13. The van der Waals surface area contributed by atoms with Crippen molar-refractivity contribution in [2.24, 2.45) is 0 Å². The maximum Gasteiger partial charge on any atom is 0.266 e. The van der Waals surface area contributed by atoms with Crippen molar-refractivity contribution >= 4 is 5.91 Å². The summed E-state index contributed by atoms with van der Waals surface area (Å²) >= 11 is 0. The fraction of sp³-hybridized carbons (Fsp3) is 0.381. The van der Waals surface area contributed by atoms with Gasteiger partial charge in [0, 0.05) is 18.7 Å². The first-order valence-corrected chi connectivity index (χ1v) is 8.70. The summed E-state index contributed by atoms with van der Waals surface area (Å²) in [7, 11) is 0. The summed E-state index contributed by atoms with van der Waals surface area (Å²) in [5, 5.41) is 12.1. The van der Waals surface area contributed by atoms with E-state index in [1.54, 1.807) is 13.8 Å². The molecule has 26 heavy (non-hydrogen) atoms. The number of hydrogen-bond acceptors (Lipinski definition) is 3. The van der Waals surface area contributed by atoms with E-state index >= 15 is 0 Å². The number of amides is 1. The number of carbonyl (C=O) groups excluding carboxylic acids is 1. The van der Waals surface area contributed by atoms with Crippen molar-refractivity contribution in [3.8, 4) is 6.07 Å². The summed E-state index contributed by atoms with van der Waals surface area (Å²) in [4.78, 5) is 26.7. The monoisotopic (exact) mass is 351 g/mol. The topological polar surface area (TPSA) is 85.8 Å². The Morgan fingerprint density at radius 2 is 1.73 bits per heavy atom. The predicted octanol–water partition coefficient (Wildman–Crippen LogP) is 3.04. The van der Waals surface area contributed by atoms with Crippen molar-refractivity contribution in [3.05, 3.63) is 67.1 Å². The molecule has 5 nitrogen and oxygen atoms in total. The second-order valence-corrected chi connectivity index (χ2v) is 6.82. The van der Waals surface area contributed by atoms with Gasteiger partial charge in [-0.1, -0.05) is 17.7 Å². The van der Waals surface area contributed by atoms with Crippen LogP contribution in [0, 0.1) is 45.9 Å². The molecule has 0 radical (unpaired) electrons. The van der Waals surface area contributed by atoms with E-state index in [4.69, 9.17) is 5.26 Å². The fourth-order valence-corrected chi connectivity index (χ4v) is 3.42. The van der Waals surface area contributed by atoms with Crippen LogP contribution in [0.1, 0.15) is 51.1 Å². The van der Waals surface area contributed by atoms with Crippen LogP contribution in [0.4, 0.5) is 0 Å². The van der Waals surface area contributed by atoms with E-state index in [-0.39, 0.29) is 17.0 Å². The molecular formula is C21H25N3O2. The molecule has 0 saturated heterocycles. The van der Waals surface area contributed by atoms with Crippen molar-refractivity contribution in [2.45, 2.75) is 54.0 Å². The fourth-order valence-electron chi connectivity index (χ4n) is 3.42. The van der Waals surface area contributed by atoms with Gasteiger partial charge in [0.2, 0.25) is 5.91 Å². The maximum atomic E-state index is 12.3. The number of benzene rings is 1. The van der Waals surface area contributed by atoms with Gasteiger partial charge in [-0.15, -0.1) is 0 Å². The lowest BCUT2D eigenvalue weighted by molar-refractivity contribution is -0.121. The van der Waals surface area contributed by atoms with Crippen LogP contribution in [0.3, 0.4) is 0 Å². The molecule has 0 aliphatic heterocycles. The Morgan fingerprint density at radius 1 is 1.12 bits per heavy atom. The first kappa shape index (κ1) is 19.5. The van der Waals surface area contributed by atoms with E-state index in [2.05, 4.69) is 43.2 Å². The third-order valence-electron chi connectivity index (χ3n) is 4.82. The molecule has 0 spiro atoms. The molecule has 0 aliphatic rings. The zero-order valence-corrected chi connectivity index (χ0v) is 16.0. The standard InChI is InChI=1S/C21H25N3O2/c1-12-8-13(2)19(14(3)9-12)11-23-20(25)7-6-17-15(4)18(10-22)21(26)24-16(17)5/h8-9H,6-7,11H2,1-5H3,(H,23,25)(H,24,26). The predicted molar refractivity (Wildman–Crippen MR) is 102 cm³/mol. The van der Waals surface area contributed by atoms with Crippen LogP contribution >= 0.6 is 0 Å². The molecule has 1 amide bonds. The number of nitriles is 1. The third-order valence-corrected chi connectivity index (χ3v) is 4.82. The Bertz CT molecular complexity index is 926. The minimum atomic E-state index is -0.374. The van der Waals surface area contributed by atoms with Gasteiger partial charge >= 0.3 is 0 Å². The number of carbonyl (C=O) groups is 1. The molecule has 1 aromatic carbocycles. The number of H-pyrrole nitrogens is 1. The van der Waals surface area contributed by atoms with Gasteiger partial charge in [-0.05, 0) is 68.9 Å². The Labute approximate surface area is 154 Å². The highest BCUT2D eigenvalue weighted by Crippen LogP contribution is 2.17. The molecule has 1 aromatic heterocycles. The molecule has 0 aliphatic carbocycles. The van der Waals surface area contributed by atoms with Crippen molar-refractivity contribution < 1.29 is 4.79 Å². The number of aromatic amines is 1. The van der Waals surface area contributed by atoms with E-state index in [1.807, 2.05) is 6.07 Å². The van der Waals surface area contributed by atoms with E-state index in [9.17, 15) is 9.59 Å². The highest BCUT2D eigenvalue weighted by atomic mass is 16.1. The second-order valence-electron chi connectivity index (χ2n) is 6.82. The highest BCUT2D eigenvalue weighted by molar-refractivity contribution is 5.76. The van der Waals surface area contributed by atoms with Gasteiger partial charge < -0.3 is 10.3 Å². The maximum absolute atomic E-state index is 12.3. The minimum Gasteiger partial charge on any atom is -0.352 e. The van der Waals surface area contributed by atoms with Gasteiger partial charge in [0.1, 0.15) is 11.6 Å². The van der Waals surface area contributed by atoms with E-state index in [0.717, 1.165) is 11.1 Å². The lowest BCUT2D eigenvalue weighted by Gasteiger charge is -2.13. The van der Waals surface area contributed by atoms with Gasteiger partial charge in [-0.3, -0.25) is 9.59 Å². The first-order valence-electron chi connectivity index (χ1n) is 8.70. The molecule has 2 aromatic rings. The molecule has 0 bridgehead atoms. The summed E-state index contributed by atoms with van der Waals surface area (Å²) in [5.41, 5.74) is 6.69. The van der Waals surface area contributed by atoms with Crippen LogP contribution in [0.2, 0.25) is 0 Å². The van der Waals surface area contributed by atoms with Crippen LogP contribution in [0.25, 0.3) is 0 Å². The average molecular weight is 351 g/mol. The summed E-state index contributed by atoms with van der Waals surface area (Å²) in [6.45, 7) is 10.2. The molecule has 0 fully saturated rings. The molecular weight excluding hydrogens is 326 g/mol. The van der Waals surface area contributed by atoms with Gasteiger partial charge in [0.05, 0.1) is 0 Å². The van der Waals surface area contributed by atoms with Crippen LogP contribution in [-0.4, -0.2) is 10.9 Å². The molecule has 2 rings (SSSR count). The normalized spacial score (nSPS) is 10.5. The third kappa shape index (κ3) is 4.20. The zero-order chi connectivity index (χ0) is 19.4. The summed E-state index contributed by atoms with van der Waals surface area (Å²) < 4.78 is 0. The van der Waals surface area contributed by atoms with Crippen LogP contribution in [-0.2, 0) is 17.8 Å². The molecule has 0 atom stereocenters. The van der Waals surface area contributed by atoms with Gasteiger partial charge in [0.15, 0.2) is 0 Å². The lowest BCUT2D eigenvalue weighted by atomic mass is 9.98. The summed E-state index contributed by atoms with van der Waals surface area (Å²) in [6, 6.07) is 6.17. The van der Waals surface area contributed by atoms with Gasteiger partial charge in [-0.25, -0.2) is 0 Å². The second kappa shape index (κ2) is 8.01. The Morgan fingerprint density at radius 3 is 2.31 bits per heavy atom. The van der Waals surface area contributed by atoms with Crippen LogP contribution in [0.15, 0.2) is 16.9 Å². The number of aryl methyl sites for hydroxylation is 4. The molecule has 0 unspecified atom stereocenters. The van der Waals surface area contributed by atoms with Crippen molar-refractivity contribution in [3.63, 3.8) is 0 Å². The smallest absolute Gasteiger partial charge is 0.266 e. The van der Waals surface area contributed by atoms with Crippen LogP contribution < -0.4 is 10.9 Å². The SMILES string of the molecule is Cc1cc(C)c(CNC(=O)CCc2c(C)[nH]c(=O)c(C#N)c2C)c(C)c1. The van der Waals surface area contributed by atoms with Crippen LogP contribution in [0.5, 0.6) is 0 Å². The minimum absolute atomic E-state index is 0.0483. The average Bonchev–Trinajstić information content (AvgIpc) is 2.53. The Hall–Kier alpha value is -2.87. The Kier molecular flexibility index (Phi) is 5.99. The molecule has 0 saturated carbocycles. The van der Waals surface area contributed by atoms with Gasteiger partial charge in [-0.2, -0.15) is 5.26 Å². The zero-order valence-electron chi connectivity index (χ0n) is 16.0. The number of nitrogens with one attached hydrogen (secondary N) is 2. The van der Waals surface area contributed by atoms with E-state index in [0.29, 0.717) is 30.6 Å². The van der Waals surface area contributed by atoms with Crippen molar-refractivity contribution in [1.82, 2.24) is 10.3 Å².